The first-order valence-corrected chi connectivity index (χ1v) is 8.78. The first kappa shape index (κ1) is 21.1. The average molecular weight is 379 g/mol. The SMILES string of the molecule is CCCC[C@H](N)C(=O)c1ncc2[nH]ccc(=O)c2c1C(O)C(O)C(O)CO. The van der Waals surface area contributed by atoms with Crippen LogP contribution in [0.4, 0.5) is 0 Å². The maximum atomic E-state index is 12.8. The van der Waals surface area contributed by atoms with Crippen molar-refractivity contribution in [2.24, 2.45) is 5.73 Å². The summed E-state index contributed by atoms with van der Waals surface area (Å²) >= 11 is 0. The summed E-state index contributed by atoms with van der Waals surface area (Å²) in [5.41, 5.74) is 5.24. The summed E-state index contributed by atoms with van der Waals surface area (Å²) < 4.78 is 0. The van der Waals surface area contributed by atoms with E-state index in [1.165, 1.54) is 18.5 Å². The van der Waals surface area contributed by atoms with Crippen LogP contribution < -0.4 is 11.2 Å². The van der Waals surface area contributed by atoms with E-state index in [1.807, 2.05) is 6.92 Å². The standard InChI is InChI=1S/C18H25N3O6/c1-2-3-4-9(19)16(25)15-14(18(27)17(26)12(24)8-22)13-10(7-21-15)20-6-5-11(13)23/h5-7,9,12,17-18,22,24,26-27H,2-4,8,19H2,1H3,(H,20,23)/t9-,12?,17?,18?/m0/s1. The van der Waals surface area contributed by atoms with Gasteiger partial charge in [-0.2, -0.15) is 0 Å². The Morgan fingerprint density at radius 2 is 2.04 bits per heavy atom. The lowest BCUT2D eigenvalue weighted by Crippen LogP contribution is -2.37. The number of hydrogen-bond donors (Lipinski definition) is 6. The fourth-order valence-corrected chi connectivity index (χ4v) is 2.90. The van der Waals surface area contributed by atoms with Gasteiger partial charge in [-0.25, -0.2) is 0 Å². The van der Waals surface area contributed by atoms with Crippen LogP contribution in [0.25, 0.3) is 10.9 Å². The molecule has 3 unspecified atom stereocenters. The van der Waals surface area contributed by atoms with Crippen molar-refractivity contribution in [3.8, 4) is 0 Å². The van der Waals surface area contributed by atoms with Gasteiger partial charge in [-0.3, -0.25) is 14.6 Å². The summed E-state index contributed by atoms with van der Waals surface area (Å²) in [7, 11) is 0. The van der Waals surface area contributed by atoms with E-state index < -0.39 is 42.2 Å². The summed E-state index contributed by atoms with van der Waals surface area (Å²) in [6.45, 7) is 1.14. The molecule has 2 rings (SSSR count). The van der Waals surface area contributed by atoms with Crippen LogP contribution in [0, 0.1) is 0 Å². The van der Waals surface area contributed by atoms with Crippen molar-refractivity contribution in [3.05, 3.63) is 39.9 Å². The Morgan fingerprint density at radius 1 is 1.33 bits per heavy atom. The van der Waals surface area contributed by atoms with E-state index in [1.54, 1.807) is 0 Å². The van der Waals surface area contributed by atoms with Crippen LogP contribution in [0.5, 0.6) is 0 Å². The zero-order chi connectivity index (χ0) is 20.1. The maximum absolute atomic E-state index is 12.8. The molecule has 0 saturated heterocycles. The summed E-state index contributed by atoms with van der Waals surface area (Å²) in [5, 5.41) is 39.4. The molecule has 2 aromatic heterocycles. The van der Waals surface area contributed by atoms with Gasteiger partial charge in [-0.15, -0.1) is 0 Å². The number of ketones is 1. The number of nitrogens with two attached hydrogens (primary N) is 1. The van der Waals surface area contributed by atoms with Gasteiger partial charge in [0.25, 0.3) is 0 Å². The predicted molar refractivity (Wildman–Crippen MR) is 98.3 cm³/mol. The molecule has 9 nitrogen and oxygen atoms in total. The van der Waals surface area contributed by atoms with Gasteiger partial charge in [0.15, 0.2) is 11.2 Å². The van der Waals surface area contributed by atoms with Crippen molar-refractivity contribution < 1.29 is 25.2 Å². The van der Waals surface area contributed by atoms with Crippen molar-refractivity contribution in [2.75, 3.05) is 6.61 Å². The van der Waals surface area contributed by atoms with Crippen molar-refractivity contribution in [2.45, 2.75) is 50.5 Å². The van der Waals surface area contributed by atoms with E-state index in [4.69, 9.17) is 10.8 Å². The minimum Gasteiger partial charge on any atom is -0.394 e. The number of unbranched alkanes of at least 4 members (excludes halogenated alkanes) is 1. The first-order valence-electron chi connectivity index (χ1n) is 8.78. The number of nitrogens with one attached hydrogen (secondary N) is 1. The Hall–Kier alpha value is -2.17. The number of rotatable bonds is 9. The molecule has 27 heavy (non-hydrogen) atoms. The quantitative estimate of drug-likeness (QED) is 0.313. The molecule has 7 N–H and O–H groups in total. The van der Waals surface area contributed by atoms with Gasteiger partial charge in [0.05, 0.1) is 29.7 Å². The third-order valence-electron chi connectivity index (χ3n) is 4.48. The molecule has 4 atom stereocenters. The zero-order valence-electron chi connectivity index (χ0n) is 15.0. The van der Waals surface area contributed by atoms with Gasteiger partial charge >= 0.3 is 0 Å². The Labute approximate surface area is 155 Å². The van der Waals surface area contributed by atoms with Crippen LogP contribution >= 0.6 is 0 Å². The van der Waals surface area contributed by atoms with Crippen LogP contribution in [0.15, 0.2) is 23.3 Å². The molecule has 2 aromatic rings. The number of carbonyl (C=O) groups is 1. The highest BCUT2D eigenvalue weighted by Crippen LogP contribution is 2.28. The van der Waals surface area contributed by atoms with E-state index in [0.29, 0.717) is 12.8 Å². The van der Waals surface area contributed by atoms with Gasteiger partial charge in [0, 0.05) is 17.8 Å². The molecule has 0 aliphatic carbocycles. The number of aromatic nitrogens is 2. The van der Waals surface area contributed by atoms with Crippen LogP contribution in [-0.4, -0.2) is 61.0 Å². The summed E-state index contributed by atoms with van der Waals surface area (Å²) in [5.74, 6) is -0.576. The molecule has 0 fully saturated rings. The molecular formula is C18H25N3O6. The number of fused-ring (bicyclic) bond motifs is 1. The molecular weight excluding hydrogens is 354 g/mol. The number of carbonyl (C=O) groups excluding carboxylic acids is 1. The Kier molecular flexibility index (Phi) is 7.17. The van der Waals surface area contributed by atoms with Crippen LogP contribution in [0.3, 0.4) is 0 Å². The molecule has 0 amide bonds. The van der Waals surface area contributed by atoms with Crippen molar-refractivity contribution in [1.82, 2.24) is 9.97 Å². The molecule has 148 valence electrons. The second-order valence-electron chi connectivity index (χ2n) is 6.45. The second kappa shape index (κ2) is 9.16. The average Bonchev–Trinajstić information content (AvgIpc) is 2.69. The highest BCUT2D eigenvalue weighted by atomic mass is 16.4. The van der Waals surface area contributed by atoms with Crippen molar-refractivity contribution >= 4 is 16.7 Å². The zero-order valence-corrected chi connectivity index (χ0v) is 15.0. The fraction of sp³-hybridized carbons (Fsp3) is 0.500. The minimum atomic E-state index is -1.83. The van der Waals surface area contributed by atoms with Crippen molar-refractivity contribution in [3.63, 3.8) is 0 Å². The van der Waals surface area contributed by atoms with Crippen LogP contribution in [0.2, 0.25) is 0 Å². The van der Waals surface area contributed by atoms with Crippen molar-refractivity contribution in [1.29, 1.82) is 0 Å². The normalized spacial score (nSPS) is 16.1. The highest BCUT2D eigenvalue weighted by Gasteiger charge is 2.33. The van der Waals surface area contributed by atoms with E-state index in [0.717, 1.165) is 6.42 Å². The van der Waals surface area contributed by atoms with Gasteiger partial charge in [-0.05, 0) is 6.42 Å². The fourth-order valence-electron chi connectivity index (χ4n) is 2.90. The van der Waals surface area contributed by atoms with E-state index in [-0.39, 0.29) is 22.2 Å². The summed E-state index contributed by atoms with van der Waals surface area (Å²) in [6.07, 6.45) is -0.720. The molecule has 0 spiro atoms. The van der Waals surface area contributed by atoms with E-state index >= 15 is 0 Å². The molecule has 0 saturated carbocycles. The number of pyridine rings is 2. The van der Waals surface area contributed by atoms with E-state index in [2.05, 4.69) is 9.97 Å². The largest absolute Gasteiger partial charge is 0.394 e. The topological polar surface area (TPSA) is 170 Å². The van der Waals surface area contributed by atoms with E-state index in [9.17, 15) is 24.9 Å². The lowest BCUT2D eigenvalue weighted by molar-refractivity contribution is -0.0774. The minimum absolute atomic E-state index is 0.0322. The predicted octanol–water partition coefficient (Wildman–Crippen LogP) is -0.629. The third-order valence-corrected chi connectivity index (χ3v) is 4.48. The molecule has 0 aliphatic rings. The number of nitrogens with zero attached hydrogens (tertiary/aromatic N) is 1. The second-order valence-corrected chi connectivity index (χ2v) is 6.45. The number of hydrogen-bond acceptors (Lipinski definition) is 8. The van der Waals surface area contributed by atoms with Gasteiger partial charge < -0.3 is 31.1 Å². The van der Waals surface area contributed by atoms with Gasteiger partial charge in [-0.1, -0.05) is 19.8 Å². The molecule has 0 aliphatic heterocycles. The third kappa shape index (κ3) is 4.40. The maximum Gasteiger partial charge on any atom is 0.198 e. The monoisotopic (exact) mass is 379 g/mol. The number of aliphatic hydroxyl groups excluding tert-OH is 4. The van der Waals surface area contributed by atoms with Gasteiger partial charge in [0.1, 0.15) is 24.0 Å². The van der Waals surface area contributed by atoms with Crippen LogP contribution in [-0.2, 0) is 0 Å². The Morgan fingerprint density at radius 3 is 2.67 bits per heavy atom. The molecule has 0 bridgehead atoms. The molecule has 0 radical (unpaired) electrons. The number of aliphatic hydroxyl groups is 4. The molecule has 0 aromatic carbocycles. The Balaban J connectivity index is 2.65. The Bertz CT molecular complexity index is 853. The summed E-state index contributed by atoms with van der Waals surface area (Å²) in [6, 6.07) is 0.321. The lowest BCUT2D eigenvalue weighted by Gasteiger charge is -2.24. The number of Topliss-reactive ketones (excluding diaryl/α,β-unsaturated/α-hetero) is 1. The van der Waals surface area contributed by atoms with Crippen LogP contribution in [0.1, 0.15) is 48.3 Å². The lowest BCUT2D eigenvalue weighted by atomic mass is 9.91. The number of aromatic amines is 1. The first-order chi connectivity index (χ1) is 12.8. The van der Waals surface area contributed by atoms with Gasteiger partial charge in [0.2, 0.25) is 0 Å². The number of H-pyrrole nitrogens is 1. The molecule has 9 heteroatoms. The highest BCUT2D eigenvalue weighted by molar-refractivity contribution is 6.03. The molecule has 2 heterocycles. The smallest absolute Gasteiger partial charge is 0.198 e. The summed E-state index contributed by atoms with van der Waals surface area (Å²) in [4.78, 5) is 32.0.